The number of nitrogens with zero attached hydrogens (tertiary/aromatic N) is 3. The van der Waals surface area contributed by atoms with Crippen LogP contribution in [0, 0.1) is 0 Å². The quantitative estimate of drug-likeness (QED) is 0.357. The fraction of sp³-hybridized carbons (Fsp3) is 0.375. The van der Waals surface area contributed by atoms with Crippen molar-refractivity contribution in [2.45, 2.75) is 13.5 Å². The Kier molecular flexibility index (Phi) is 10.0. The van der Waals surface area contributed by atoms with Gasteiger partial charge in [0.05, 0.1) is 70.5 Å². The molecule has 0 spiro atoms. The number of anilines is 1. The molecule has 3 N–H and O–H groups in total. The van der Waals surface area contributed by atoms with Gasteiger partial charge in [-0.15, -0.1) is 0 Å². The van der Waals surface area contributed by atoms with Gasteiger partial charge >= 0.3 is 0 Å². The zero-order valence-electron chi connectivity index (χ0n) is 24.0. The Labute approximate surface area is 244 Å². The molecule has 1 aliphatic heterocycles. The third-order valence-electron chi connectivity index (χ3n) is 7.33. The van der Waals surface area contributed by atoms with Gasteiger partial charge in [-0.2, -0.15) is 0 Å². The molecule has 0 atom stereocenters. The molecule has 0 bridgehead atoms. The van der Waals surface area contributed by atoms with Crippen LogP contribution < -0.4 is 21.4 Å². The van der Waals surface area contributed by atoms with Crippen molar-refractivity contribution in [3.8, 4) is 5.88 Å². The van der Waals surface area contributed by atoms with E-state index in [-0.39, 0.29) is 11.4 Å². The van der Waals surface area contributed by atoms with Crippen molar-refractivity contribution in [2.75, 3.05) is 70.8 Å². The average molecular weight is 575 g/mol. The van der Waals surface area contributed by atoms with Crippen LogP contribution in [0.1, 0.15) is 6.92 Å². The van der Waals surface area contributed by atoms with E-state index in [1.54, 1.807) is 12.3 Å². The van der Waals surface area contributed by atoms with Gasteiger partial charge < -0.3 is 34.7 Å². The first kappa shape index (κ1) is 29.5. The number of pyridine rings is 1. The van der Waals surface area contributed by atoms with Gasteiger partial charge in [-0.05, 0) is 48.7 Å². The van der Waals surface area contributed by atoms with E-state index in [0.717, 1.165) is 35.1 Å². The summed E-state index contributed by atoms with van der Waals surface area (Å²) >= 11 is 0. The number of rotatable bonds is 4. The summed E-state index contributed by atoms with van der Waals surface area (Å²) in [6, 6.07) is 17.1. The van der Waals surface area contributed by atoms with E-state index in [1.165, 1.54) is 4.57 Å². The smallest absolute Gasteiger partial charge is 0.261 e. The number of benzene rings is 3. The molecule has 3 aromatic carbocycles. The molecule has 0 unspecified atom stereocenters. The van der Waals surface area contributed by atoms with Crippen LogP contribution in [-0.4, -0.2) is 81.8 Å². The molecule has 2 heterocycles. The fourth-order valence-corrected chi connectivity index (χ4v) is 5.15. The summed E-state index contributed by atoms with van der Waals surface area (Å²) in [7, 11) is 0. The van der Waals surface area contributed by atoms with Crippen LogP contribution in [-0.2, 0) is 25.5 Å². The Morgan fingerprint density at radius 2 is 1.43 bits per heavy atom. The van der Waals surface area contributed by atoms with Gasteiger partial charge in [0.15, 0.2) is 0 Å². The van der Waals surface area contributed by atoms with Crippen molar-refractivity contribution in [1.82, 2.24) is 4.57 Å². The molecule has 5 rings (SSSR count). The van der Waals surface area contributed by atoms with E-state index in [0.29, 0.717) is 81.3 Å². The number of nitrogens with two attached hydrogens (primary N) is 1. The molecule has 42 heavy (non-hydrogen) atoms. The highest BCUT2D eigenvalue weighted by atomic mass is 16.6. The first-order valence-corrected chi connectivity index (χ1v) is 14.3. The lowest BCUT2D eigenvalue weighted by Crippen LogP contribution is -2.31. The van der Waals surface area contributed by atoms with Gasteiger partial charge in [-0.1, -0.05) is 18.2 Å². The topological polar surface area (TPSA) is 121 Å². The van der Waals surface area contributed by atoms with Gasteiger partial charge in [-0.25, -0.2) is 0 Å². The standard InChI is InChI=1S/C32H38N4O6/c1-2-36-31(37)27-5-3-4-26-25(10-11-28(30(26)27)32(36)38)29(33)22-34-23-6-8-24(9-7-23)35-12-14-39-16-18-41-20-21-42-19-17-40-15-13-35/h3-11,22,37H,2,12-21,33H2,1H3. The second-order valence-electron chi connectivity index (χ2n) is 9.93. The molecule has 0 saturated carbocycles. The molecule has 4 aromatic rings. The van der Waals surface area contributed by atoms with Crippen LogP contribution in [0.4, 0.5) is 11.4 Å². The fourth-order valence-electron chi connectivity index (χ4n) is 5.15. The molecule has 10 nitrogen and oxygen atoms in total. The molecule has 1 aromatic heterocycles. The lowest BCUT2D eigenvalue weighted by molar-refractivity contribution is 0.00206. The SMILES string of the molecule is CCn1c(O)c2cccc3c(=C(N)C=Nc4ccc(N5CCOCCOCCOCCOCC5)cc4)ccc(c1=O)c23. The highest BCUT2D eigenvalue weighted by molar-refractivity contribution is 6.14. The van der Waals surface area contributed by atoms with Crippen LogP contribution in [0.15, 0.2) is 64.4 Å². The summed E-state index contributed by atoms with van der Waals surface area (Å²) in [4.78, 5) is 19.8. The summed E-state index contributed by atoms with van der Waals surface area (Å²) in [6.07, 6.45) is 1.63. The number of aliphatic imine (C=N–C) groups is 1. The second-order valence-corrected chi connectivity index (χ2v) is 9.93. The van der Waals surface area contributed by atoms with Crippen molar-refractivity contribution >= 4 is 44.8 Å². The summed E-state index contributed by atoms with van der Waals surface area (Å²) in [5.41, 5.74) is 8.53. The van der Waals surface area contributed by atoms with Crippen molar-refractivity contribution in [3.63, 3.8) is 0 Å². The summed E-state index contributed by atoms with van der Waals surface area (Å²) in [5.74, 6) is -0.0371. The Morgan fingerprint density at radius 1 is 0.833 bits per heavy atom. The largest absolute Gasteiger partial charge is 0.494 e. The van der Waals surface area contributed by atoms with Gasteiger partial charge in [0.25, 0.3) is 5.56 Å². The predicted molar refractivity (Wildman–Crippen MR) is 166 cm³/mol. The zero-order valence-corrected chi connectivity index (χ0v) is 24.0. The zero-order chi connectivity index (χ0) is 29.3. The molecule has 222 valence electrons. The van der Waals surface area contributed by atoms with E-state index in [4.69, 9.17) is 24.7 Å². The van der Waals surface area contributed by atoms with Gasteiger partial charge in [0, 0.05) is 46.7 Å². The Bertz CT molecular complexity index is 1620. The molecule has 1 fully saturated rings. The van der Waals surface area contributed by atoms with E-state index < -0.39 is 0 Å². The number of hydrogen-bond donors (Lipinski definition) is 2. The van der Waals surface area contributed by atoms with Crippen molar-refractivity contribution in [2.24, 2.45) is 10.7 Å². The number of aromatic hydroxyl groups is 1. The van der Waals surface area contributed by atoms with Crippen molar-refractivity contribution < 1.29 is 24.1 Å². The van der Waals surface area contributed by atoms with Crippen LogP contribution >= 0.6 is 0 Å². The summed E-state index contributed by atoms with van der Waals surface area (Å²) < 4.78 is 23.9. The van der Waals surface area contributed by atoms with Crippen molar-refractivity contribution in [3.05, 3.63) is 70.2 Å². The van der Waals surface area contributed by atoms with E-state index in [1.807, 2.05) is 55.5 Å². The monoisotopic (exact) mass is 574 g/mol. The Morgan fingerprint density at radius 3 is 2.05 bits per heavy atom. The maximum atomic E-state index is 13.0. The van der Waals surface area contributed by atoms with Crippen LogP contribution in [0.2, 0.25) is 0 Å². The second kappa shape index (κ2) is 14.3. The molecular weight excluding hydrogens is 536 g/mol. The third-order valence-corrected chi connectivity index (χ3v) is 7.33. The number of aromatic nitrogens is 1. The maximum Gasteiger partial charge on any atom is 0.261 e. The maximum absolute atomic E-state index is 13.0. The van der Waals surface area contributed by atoms with E-state index in [9.17, 15) is 9.90 Å². The summed E-state index contributed by atoms with van der Waals surface area (Å²) in [5, 5.41) is 14.1. The van der Waals surface area contributed by atoms with Gasteiger partial charge in [0.2, 0.25) is 5.88 Å². The third kappa shape index (κ3) is 6.74. The molecular formula is C32H38N4O6. The lowest BCUT2D eigenvalue weighted by atomic mass is 10.00. The first-order valence-electron chi connectivity index (χ1n) is 14.3. The van der Waals surface area contributed by atoms with Crippen molar-refractivity contribution in [1.29, 1.82) is 0 Å². The molecule has 1 saturated heterocycles. The van der Waals surface area contributed by atoms with E-state index in [2.05, 4.69) is 9.89 Å². The highest BCUT2D eigenvalue weighted by Crippen LogP contribution is 2.29. The first-order chi connectivity index (χ1) is 20.6. The minimum absolute atomic E-state index is 0.0371. The molecule has 0 amide bonds. The highest BCUT2D eigenvalue weighted by Gasteiger charge is 2.15. The molecule has 10 heteroatoms. The molecule has 0 radical (unpaired) electrons. The lowest BCUT2D eigenvalue weighted by Gasteiger charge is -2.25. The van der Waals surface area contributed by atoms with Gasteiger partial charge in [-0.3, -0.25) is 14.4 Å². The van der Waals surface area contributed by atoms with Crippen LogP contribution in [0.3, 0.4) is 0 Å². The number of ether oxygens (including phenoxy) is 4. The Hall–Kier alpha value is -3.96. The van der Waals surface area contributed by atoms with Crippen LogP contribution in [0.25, 0.3) is 27.2 Å². The van der Waals surface area contributed by atoms with Crippen LogP contribution in [0.5, 0.6) is 5.88 Å². The van der Waals surface area contributed by atoms with E-state index >= 15 is 0 Å². The minimum Gasteiger partial charge on any atom is -0.494 e. The normalized spacial score (nSPS) is 17.4. The average Bonchev–Trinajstić information content (AvgIpc) is 3.02. The molecule has 0 aliphatic carbocycles. The molecule has 1 aliphatic rings. The predicted octanol–water partition coefficient (Wildman–Crippen LogP) is 2.95. The summed E-state index contributed by atoms with van der Waals surface area (Å²) in [6.45, 7) is 8.11. The minimum atomic E-state index is -0.225. The van der Waals surface area contributed by atoms with Gasteiger partial charge in [0.1, 0.15) is 0 Å². The number of hydrogen-bond acceptors (Lipinski definition) is 9. The Balaban J connectivity index is 1.35.